The molecule has 0 radical (unpaired) electrons. The molecule has 1 saturated heterocycles. The summed E-state index contributed by atoms with van der Waals surface area (Å²) in [5.74, 6) is -1.21. The van der Waals surface area contributed by atoms with Gasteiger partial charge in [0.2, 0.25) is 5.91 Å². The Balaban J connectivity index is 1.78. The van der Waals surface area contributed by atoms with Crippen LogP contribution >= 0.6 is 0 Å². The third-order valence-electron chi connectivity index (χ3n) is 7.05. The average molecular weight is 517 g/mol. The molecule has 3 heterocycles. The second-order valence-electron chi connectivity index (χ2n) is 9.42. The SMILES string of the molecule is COCCCOc1cc2c(cc1N1CCCC1=O)-c1c(cc(C(=O)O)c(=O)n1C1CC1)C(C)S2(=O)=O. The maximum absolute atomic E-state index is 13.7. The fourth-order valence-electron chi connectivity index (χ4n) is 5.03. The van der Waals surface area contributed by atoms with Gasteiger partial charge in [0.1, 0.15) is 11.3 Å². The molecule has 2 aromatic rings. The number of fused-ring (bicyclic) bond motifs is 3. The maximum atomic E-state index is 13.7. The van der Waals surface area contributed by atoms with Crippen LogP contribution in [0.2, 0.25) is 0 Å². The van der Waals surface area contributed by atoms with E-state index >= 15 is 0 Å². The third kappa shape index (κ3) is 3.90. The van der Waals surface area contributed by atoms with Crippen molar-refractivity contribution in [2.24, 2.45) is 0 Å². The topological polar surface area (TPSA) is 132 Å². The Bertz CT molecular complexity index is 1420. The number of methoxy groups -OCH3 is 1. The number of pyridine rings is 1. The van der Waals surface area contributed by atoms with E-state index in [9.17, 15) is 27.9 Å². The van der Waals surface area contributed by atoms with Crippen molar-refractivity contribution in [3.8, 4) is 17.0 Å². The van der Waals surface area contributed by atoms with Gasteiger partial charge in [-0.15, -0.1) is 0 Å². The van der Waals surface area contributed by atoms with Crippen LogP contribution in [0.25, 0.3) is 11.3 Å². The summed E-state index contributed by atoms with van der Waals surface area (Å²) >= 11 is 0. The predicted octanol–water partition coefficient (Wildman–Crippen LogP) is 2.94. The molecule has 1 saturated carbocycles. The van der Waals surface area contributed by atoms with Crippen molar-refractivity contribution in [1.82, 2.24) is 4.57 Å². The van der Waals surface area contributed by atoms with Gasteiger partial charge in [0.25, 0.3) is 5.56 Å². The molecule has 192 valence electrons. The number of sulfone groups is 1. The lowest BCUT2D eigenvalue weighted by Crippen LogP contribution is -2.32. The Hall–Kier alpha value is -3.18. The summed E-state index contributed by atoms with van der Waals surface area (Å²) in [4.78, 5) is 39.3. The molecule has 0 bridgehead atoms. The molecule has 1 amide bonds. The van der Waals surface area contributed by atoms with Crippen LogP contribution in [-0.4, -0.2) is 56.8 Å². The number of anilines is 1. The lowest BCUT2D eigenvalue weighted by atomic mass is 9.98. The molecular weight excluding hydrogens is 488 g/mol. The van der Waals surface area contributed by atoms with Gasteiger partial charge in [-0.25, -0.2) is 13.2 Å². The number of aromatic nitrogens is 1. The zero-order chi connectivity index (χ0) is 25.8. The van der Waals surface area contributed by atoms with Crippen LogP contribution in [-0.2, 0) is 19.4 Å². The van der Waals surface area contributed by atoms with Gasteiger partial charge in [-0.3, -0.25) is 9.59 Å². The Morgan fingerprint density at radius 3 is 2.53 bits per heavy atom. The summed E-state index contributed by atoms with van der Waals surface area (Å²) in [6, 6.07) is 4.06. The summed E-state index contributed by atoms with van der Waals surface area (Å²) in [6.07, 6.45) is 3.01. The predicted molar refractivity (Wildman–Crippen MR) is 131 cm³/mol. The van der Waals surface area contributed by atoms with Gasteiger partial charge in [0.05, 0.1) is 28.1 Å². The van der Waals surface area contributed by atoms with Crippen LogP contribution in [0.5, 0.6) is 5.75 Å². The highest BCUT2D eigenvalue weighted by Crippen LogP contribution is 2.50. The van der Waals surface area contributed by atoms with E-state index in [-0.39, 0.29) is 34.8 Å². The van der Waals surface area contributed by atoms with Gasteiger partial charge in [-0.2, -0.15) is 0 Å². The molecule has 3 aliphatic rings. The number of rotatable bonds is 8. The zero-order valence-corrected chi connectivity index (χ0v) is 21.0. The van der Waals surface area contributed by atoms with Crippen LogP contribution in [0.1, 0.15) is 66.2 Å². The highest BCUT2D eigenvalue weighted by atomic mass is 32.2. The number of hydrogen-bond donors (Lipinski definition) is 1. The Morgan fingerprint density at radius 2 is 1.92 bits per heavy atom. The summed E-state index contributed by atoms with van der Waals surface area (Å²) in [6.45, 7) is 2.70. The van der Waals surface area contributed by atoms with E-state index in [0.717, 1.165) is 0 Å². The fraction of sp³-hybridized carbons (Fsp3) is 0.480. The fourth-order valence-corrected chi connectivity index (χ4v) is 6.66. The lowest BCUT2D eigenvalue weighted by Gasteiger charge is -2.31. The van der Waals surface area contributed by atoms with E-state index in [0.29, 0.717) is 62.2 Å². The molecule has 2 fully saturated rings. The molecule has 1 aromatic heterocycles. The molecule has 36 heavy (non-hydrogen) atoms. The molecule has 10 nitrogen and oxygen atoms in total. The van der Waals surface area contributed by atoms with Crippen LogP contribution in [0.15, 0.2) is 27.9 Å². The molecule has 1 atom stereocenters. The number of benzene rings is 1. The number of ether oxygens (including phenoxy) is 2. The number of carboxylic acids is 1. The quantitative estimate of drug-likeness (QED) is 0.530. The first kappa shape index (κ1) is 24.5. The number of carbonyl (C=O) groups is 2. The molecular formula is C25H28N2O8S. The molecule has 1 aromatic carbocycles. The van der Waals surface area contributed by atoms with Crippen molar-refractivity contribution in [1.29, 1.82) is 0 Å². The Kier molecular flexibility index (Phi) is 6.16. The van der Waals surface area contributed by atoms with E-state index in [2.05, 4.69) is 0 Å². The monoisotopic (exact) mass is 516 g/mol. The summed E-state index contributed by atoms with van der Waals surface area (Å²) < 4.78 is 39.8. The highest BCUT2D eigenvalue weighted by molar-refractivity contribution is 7.92. The van der Waals surface area contributed by atoms with E-state index in [4.69, 9.17) is 9.47 Å². The molecule has 0 spiro atoms. The number of carbonyl (C=O) groups excluding carboxylic acids is 1. The molecule has 2 aliphatic heterocycles. The summed E-state index contributed by atoms with van der Waals surface area (Å²) in [7, 11) is -2.36. The standard InChI is InChI=1S/C25H28N2O8S/c1-14-16-11-18(25(30)31)24(29)27(15-6-7-15)23(16)17-12-19(26-8-3-5-22(26)28)20(35-10-4-9-34-2)13-21(17)36(14,32)33/h11-15H,3-10H2,1-2H3,(H,30,31). The average Bonchev–Trinajstić information content (AvgIpc) is 3.59. The Morgan fingerprint density at radius 1 is 1.17 bits per heavy atom. The summed E-state index contributed by atoms with van der Waals surface area (Å²) in [5.41, 5.74) is 0.325. The van der Waals surface area contributed by atoms with Crippen LogP contribution in [0.4, 0.5) is 5.69 Å². The minimum absolute atomic E-state index is 0.0107. The highest BCUT2D eigenvalue weighted by Gasteiger charge is 2.42. The number of aromatic carboxylic acids is 1. The van der Waals surface area contributed by atoms with E-state index in [1.165, 1.54) is 23.6 Å². The van der Waals surface area contributed by atoms with Gasteiger partial charge in [0, 0.05) is 50.8 Å². The number of amides is 1. The minimum Gasteiger partial charge on any atom is -0.491 e. The van der Waals surface area contributed by atoms with Gasteiger partial charge < -0.3 is 24.0 Å². The smallest absolute Gasteiger partial charge is 0.341 e. The van der Waals surface area contributed by atoms with E-state index < -0.39 is 32.2 Å². The second kappa shape index (κ2) is 9.04. The van der Waals surface area contributed by atoms with E-state index in [1.54, 1.807) is 18.1 Å². The van der Waals surface area contributed by atoms with Crippen LogP contribution < -0.4 is 15.2 Å². The van der Waals surface area contributed by atoms with Crippen molar-refractivity contribution in [3.05, 3.63) is 39.7 Å². The maximum Gasteiger partial charge on any atom is 0.341 e. The largest absolute Gasteiger partial charge is 0.491 e. The Labute approximate surface area is 208 Å². The van der Waals surface area contributed by atoms with Gasteiger partial charge in [0.15, 0.2) is 9.84 Å². The molecule has 1 unspecified atom stereocenters. The zero-order valence-electron chi connectivity index (χ0n) is 20.2. The van der Waals surface area contributed by atoms with Crippen molar-refractivity contribution in [3.63, 3.8) is 0 Å². The van der Waals surface area contributed by atoms with E-state index in [1.807, 2.05) is 0 Å². The van der Waals surface area contributed by atoms with Crippen molar-refractivity contribution in [2.75, 3.05) is 31.8 Å². The molecule has 1 N–H and O–H groups in total. The lowest BCUT2D eigenvalue weighted by molar-refractivity contribution is -0.117. The molecule has 1 aliphatic carbocycles. The number of hydrogen-bond acceptors (Lipinski definition) is 7. The van der Waals surface area contributed by atoms with Crippen molar-refractivity contribution < 1.29 is 32.6 Å². The minimum atomic E-state index is -3.94. The van der Waals surface area contributed by atoms with Gasteiger partial charge >= 0.3 is 5.97 Å². The summed E-state index contributed by atoms with van der Waals surface area (Å²) in [5, 5.41) is 8.58. The number of nitrogens with zero attached hydrogens (tertiary/aromatic N) is 2. The van der Waals surface area contributed by atoms with Gasteiger partial charge in [-0.1, -0.05) is 0 Å². The van der Waals surface area contributed by atoms with Crippen molar-refractivity contribution in [2.45, 2.75) is 55.2 Å². The molecule has 5 rings (SSSR count). The second-order valence-corrected chi connectivity index (χ2v) is 11.7. The first-order valence-corrected chi connectivity index (χ1v) is 13.6. The first-order chi connectivity index (χ1) is 17.2. The third-order valence-corrected chi connectivity index (χ3v) is 9.18. The van der Waals surface area contributed by atoms with Crippen LogP contribution in [0, 0.1) is 0 Å². The number of carboxylic acid groups (broad SMARTS) is 1. The van der Waals surface area contributed by atoms with Crippen molar-refractivity contribution >= 4 is 27.4 Å². The van der Waals surface area contributed by atoms with Gasteiger partial charge in [-0.05, 0) is 43.9 Å². The van der Waals surface area contributed by atoms with Crippen LogP contribution in [0.3, 0.4) is 0 Å². The first-order valence-electron chi connectivity index (χ1n) is 12.0. The normalized spacial score (nSPS) is 20.2. The molecule has 11 heteroatoms.